The highest BCUT2D eigenvalue weighted by molar-refractivity contribution is 5.94. The molecule has 7 nitrogen and oxygen atoms in total. The fourth-order valence-corrected chi connectivity index (χ4v) is 2.95. The Kier molecular flexibility index (Phi) is 10.4. The summed E-state index contributed by atoms with van der Waals surface area (Å²) in [5.41, 5.74) is 3.94. The minimum absolute atomic E-state index is 0.0576. The summed E-state index contributed by atoms with van der Waals surface area (Å²) in [5, 5.41) is 9.44. The Bertz CT molecular complexity index is 850. The lowest BCUT2D eigenvalue weighted by molar-refractivity contribution is 0.0956. The van der Waals surface area contributed by atoms with Crippen molar-refractivity contribution in [3.63, 3.8) is 0 Å². The average Bonchev–Trinajstić information content (AvgIpc) is 2.78. The van der Waals surface area contributed by atoms with Crippen LogP contribution in [0.25, 0.3) is 0 Å². The number of ether oxygens (including phenoxy) is 2. The van der Waals surface area contributed by atoms with E-state index in [0.717, 1.165) is 28.9 Å². The number of guanidine groups is 1. The largest absolute Gasteiger partial charge is 0.493 e. The highest BCUT2D eigenvalue weighted by Gasteiger charge is 2.07. The van der Waals surface area contributed by atoms with Crippen molar-refractivity contribution in [3.05, 3.63) is 64.7 Å². The lowest BCUT2D eigenvalue weighted by atomic mass is 10.1. The Morgan fingerprint density at radius 1 is 1.00 bits per heavy atom. The van der Waals surface area contributed by atoms with Crippen LogP contribution < -0.4 is 20.7 Å². The fraction of sp³-hybridized carbons (Fsp3) is 0.417. The van der Waals surface area contributed by atoms with Gasteiger partial charge in [-0.2, -0.15) is 0 Å². The van der Waals surface area contributed by atoms with Gasteiger partial charge >= 0.3 is 0 Å². The van der Waals surface area contributed by atoms with Crippen LogP contribution in [0, 0.1) is 6.92 Å². The molecule has 0 aliphatic rings. The molecule has 0 unspecified atom stereocenters. The maximum absolute atomic E-state index is 11.9. The maximum Gasteiger partial charge on any atom is 0.251 e. The predicted octanol–water partition coefficient (Wildman–Crippen LogP) is 3.03. The molecular weight excluding hydrogens is 392 g/mol. The van der Waals surface area contributed by atoms with Crippen molar-refractivity contribution in [2.75, 3.05) is 33.9 Å². The Hall–Kier alpha value is -3.06. The van der Waals surface area contributed by atoms with E-state index >= 15 is 0 Å². The van der Waals surface area contributed by atoms with E-state index in [0.29, 0.717) is 44.4 Å². The second kappa shape index (κ2) is 13.3. The monoisotopic (exact) mass is 426 g/mol. The summed E-state index contributed by atoms with van der Waals surface area (Å²) in [5.74, 6) is 1.51. The molecule has 2 aromatic rings. The second-order valence-corrected chi connectivity index (χ2v) is 7.14. The SMILES string of the molecule is CCNC(=O)c1ccc(CNC(=NC)NCc2ccc(C)cc2OCCCOC)cc1. The van der Waals surface area contributed by atoms with Gasteiger partial charge in [0.1, 0.15) is 5.75 Å². The van der Waals surface area contributed by atoms with Crippen molar-refractivity contribution in [2.24, 2.45) is 4.99 Å². The quantitative estimate of drug-likeness (QED) is 0.292. The van der Waals surface area contributed by atoms with Crippen LogP contribution in [-0.4, -0.2) is 45.8 Å². The third kappa shape index (κ3) is 8.30. The molecule has 1 amide bonds. The van der Waals surface area contributed by atoms with Gasteiger partial charge in [-0.05, 0) is 43.2 Å². The van der Waals surface area contributed by atoms with Crippen LogP contribution in [0.1, 0.15) is 40.4 Å². The summed E-state index contributed by atoms with van der Waals surface area (Å²) >= 11 is 0. The first kappa shape index (κ1) is 24.2. The number of aryl methyl sites for hydroxylation is 1. The maximum atomic E-state index is 11.9. The van der Waals surface area contributed by atoms with E-state index in [9.17, 15) is 4.79 Å². The van der Waals surface area contributed by atoms with Crippen molar-refractivity contribution in [1.29, 1.82) is 0 Å². The van der Waals surface area contributed by atoms with E-state index < -0.39 is 0 Å². The molecule has 0 aliphatic carbocycles. The minimum Gasteiger partial charge on any atom is -0.493 e. The molecule has 2 rings (SSSR count). The zero-order valence-electron chi connectivity index (χ0n) is 19.0. The van der Waals surface area contributed by atoms with Crippen LogP contribution in [0.3, 0.4) is 0 Å². The number of hydrogen-bond acceptors (Lipinski definition) is 4. The molecule has 0 atom stereocenters. The van der Waals surface area contributed by atoms with Crippen LogP contribution in [-0.2, 0) is 17.8 Å². The van der Waals surface area contributed by atoms with Crippen molar-refractivity contribution in [1.82, 2.24) is 16.0 Å². The zero-order valence-corrected chi connectivity index (χ0v) is 19.0. The Labute approximate surface area is 185 Å². The summed E-state index contributed by atoms with van der Waals surface area (Å²) in [7, 11) is 3.43. The van der Waals surface area contributed by atoms with Gasteiger partial charge in [-0.15, -0.1) is 0 Å². The summed E-state index contributed by atoms with van der Waals surface area (Å²) < 4.78 is 11.0. The fourth-order valence-electron chi connectivity index (χ4n) is 2.95. The highest BCUT2D eigenvalue weighted by Crippen LogP contribution is 2.20. The molecule has 0 aromatic heterocycles. The molecule has 7 heteroatoms. The van der Waals surface area contributed by atoms with Gasteiger partial charge in [-0.25, -0.2) is 0 Å². The zero-order chi connectivity index (χ0) is 22.5. The number of amides is 1. The molecule has 0 saturated heterocycles. The minimum atomic E-state index is -0.0576. The van der Waals surface area contributed by atoms with Crippen LogP contribution in [0.15, 0.2) is 47.5 Å². The van der Waals surface area contributed by atoms with Gasteiger partial charge in [-0.3, -0.25) is 9.79 Å². The van der Waals surface area contributed by atoms with Gasteiger partial charge in [0.15, 0.2) is 5.96 Å². The molecule has 2 aromatic carbocycles. The van der Waals surface area contributed by atoms with E-state index in [1.54, 1.807) is 14.2 Å². The topological polar surface area (TPSA) is 84.0 Å². The highest BCUT2D eigenvalue weighted by atomic mass is 16.5. The molecule has 0 radical (unpaired) electrons. The van der Waals surface area contributed by atoms with Crippen molar-refractivity contribution < 1.29 is 14.3 Å². The van der Waals surface area contributed by atoms with Crippen LogP contribution >= 0.6 is 0 Å². The summed E-state index contributed by atoms with van der Waals surface area (Å²) in [6, 6.07) is 13.7. The lowest BCUT2D eigenvalue weighted by Gasteiger charge is -2.15. The number of nitrogens with one attached hydrogen (secondary N) is 3. The van der Waals surface area contributed by atoms with E-state index in [-0.39, 0.29) is 5.91 Å². The van der Waals surface area contributed by atoms with Crippen LogP contribution in [0.2, 0.25) is 0 Å². The Balaban J connectivity index is 1.89. The lowest BCUT2D eigenvalue weighted by Crippen LogP contribution is -2.36. The third-order valence-electron chi connectivity index (χ3n) is 4.66. The predicted molar refractivity (Wildman–Crippen MR) is 125 cm³/mol. The molecule has 3 N–H and O–H groups in total. The molecule has 0 aliphatic heterocycles. The van der Waals surface area contributed by atoms with Gasteiger partial charge in [0, 0.05) is 57.9 Å². The molecule has 0 saturated carbocycles. The Morgan fingerprint density at radius 2 is 1.74 bits per heavy atom. The van der Waals surface area contributed by atoms with Crippen LogP contribution in [0.4, 0.5) is 0 Å². The van der Waals surface area contributed by atoms with E-state index in [1.807, 2.05) is 31.2 Å². The van der Waals surface area contributed by atoms with E-state index in [4.69, 9.17) is 9.47 Å². The number of benzene rings is 2. The average molecular weight is 427 g/mol. The first-order chi connectivity index (χ1) is 15.1. The number of hydrogen-bond donors (Lipinski definition) is 3. The van der Waals surface area contributed by atoms with Crippen molar-refractivity contribution in [2.45, 2.75) is 33.4 Å². The van der Waals surface area contributed by atoms with E-state index in [1.165, 1.54) is 0 Å². The van der Waals surface area contributed by atoms with Gasteiger partial charge in [0.25, 0.3) is 5.91 Å². The summed E-state index contributed by atoms with van der Waals surface area (Å²) in [6.45, 7) is 7.06. The molecular formula is C24H34N4O3. The number of aliphatic imine (C=N–C) groups is 1. The first-order valence-electron chi connectivity index (χ1n) is 10.6. The van der Waals surface area contributed by atoms with Crippen LogP contribution in [0.5, 0.6) is 5.75 Å². The standard InChI is InChI=1S/C24H34N4O3/c1-5-26-23(29)20-11-8-19(9-12-20)16-27-24(25-3)28-17-21-10-7-18(2)15-22(21)31-14-6-13-30-4/h7-12,15H,5-6,13-14,16-17H2,1-4H3,(H,26,29)(H2,25,27,28). The molecule has 0 fully saturated rings. The number of rotatable bonds is 11. The molecule has 168 valence electrons. The Morgan fingerprint density at radius 3 is 2.42 bits per heavy atom. The number of methoxy groups -OCH3 is 1. The molecule has 0 spiro atoms. The number of nitrogens with zero attached hydrogens (tertiary/aromatic N) is 1. The second-order valence-electron chi connectivity index (χ2n) is 7.14. The molecule has 0 bridgehead atoms. The number of carbonyl (C=O) groups excluding carboxylic acids is 1. The smallest absolute Gasteiger partial charge is 0.251 e. The van der Waals surface area contributed by atoms with E-state index in [2.05, 4.69) is 46.1 Å². The number of carbonyl (C=O) groups is 1. The van der Waals surface area contributed by atoms with Gasteiger partial charge in [-0.1, -0.05) is 24.3 Å². The van der Waals surface area contributed by atoms with Crippen molar-refractivity contribution in [3.8, 4) is 5.75 Å². The van der Waals surface area contributed by atoms with Gasteiger partial charge in [0.2, 0.25) is 0 Å². The summed E-state index contributed by atoms with van der Waals surface area (Å²) in [6.07, 6.45) is 0.847. The third-order valence-corrected chi connectivity index (χ3v) is 4.66. The van der Waals surface area contributed by atoms with Gasteiger partial charge < -0.3 is 25.4 Å². The molecule has 0 heterocycles. The summed E-state index contributed by atoms with van der Waals surface area (Å²) in [4.78, 5) is 16.2. The normalized spacial score (nSPS) is 11.2. The van der Waals surface area contributed by atoms with Gasteiger partial charge in [0.05, 0.1) is 6.61 Å². The first-order valence-corrected chi connectivity index (χ1v) is 10.6. The van der Waals surface area contributed by atoms with Crippen molar-refractivity contribution >= 4 is 11.9 Å². The molecule has 31 heavy (non-hydrogen) atoms.